The van der Waals surface area contributed by atoms with E-state index in [-0.39, 0.29) is 12.0 Å². The Morgan fingerprint density at radius 2 is 2.12 bits per heavy atom. The van der Waals surface area contributed by atoms with Gasteiger partial charge in [0.2, 0.25) is 0 Å². The Hall–Kier alpha value is -0.870. The van der Waals surface area contributed by atoms with Crippen molar-refractivity contribution in [2.75, 3.05) is 20.2 Å². The molecule has 0 N–H and O–H groups in total. The second-order valence-corrected chi connectivity index (χ2v) is 5.24. The summed E-state index contributed by atoms with van der Waals surface area (Å²) in [4.78, 5) is 13.5. The molecule has 0 radical (unpaired) electrons. The third-order valence-corrected chi connectivity index (χ3v) is 3.63. The number of carbonyl (C=O) groups excluding carboxylic acids is 1. The maximum absolute atomic E-state index is 11.4. The monoisotopic (exact) mass is 297 g/mol. The molecule has 0 unspecified atom stereocenters. The molecule has 1 aliphatic heterocycles. The standard InChI is InChI=1S/C13H16BrNO2/c1-15(12-7-9-17-13(12)16)8-6-10-2-4-11(14)5-3-10/h2-5,12H,6-9H2,1H3/t12-/m0/s1. The first-order valence-electron chi connectivity index (χ1n) is 5.78. The number of likely N-dealkylation sites (N-methyl/N-ethyl adjacent to an activating group) is 1. The second-order valence-electron chi connectivity index (χ2n) is 4.33. The van der Waals surface area contributed by atoms with Crippen LogP contribution in [-0.2, 0) is 16.0 Å². The first-order valence-corrected chi connectivity index (χ1v) is 6.57. The fourth-order valence-electron chi connectivity index (χ4n) is 2.00. The zero-order valence-electron chi connectivity index (χ0n) is 9.86. The number of hydrogen-bond acceptors (Lipinski definition) is 3. The lowest BCUT2D eigenvalue weighted by molar-refractivity contribution is -0.141. The van der Waals surface area contributed by atoms with Crippen molar-refractivity contribution in [2.24, 2.45) is 0 Å². The lowest BCUT2D eigenvalue weighted by Crippen LogP contribution is -2.36. The molecule has 1 aromatic carbocycles. The van der Waals surface area contributed by atoms with E-state index in [4.69, 9.17) is 4.74 Å². The zero-order valence-corrected chi connectivity index (χ0v) is 11.4. The van der Waals surface area contributed by atoms with E-state index in [0.29, 0.717) is 6.61 Å². The van der Waals surface area contributed by atoms with Crippen LogP contribution >= 0.6 is 15.9 Å². The van der Waals surface area contributed by atoms with Crippen LogP contribution in [0.25, 0.3) is 0 Å². The molecule has 1 aromatic rings. The van der Waals surface area contributed by atoms with Crippen LogP contribution in [0.15, 0.2) is 28.7 Å². The predicted octanol–water partition coefficient (Wildman–Crippen LogP) is 2.24. The van der Waals surface area contributed by atoms with Crippen LogP contribution in [0.4, 0.5) is 0 Å². The van der Waals surface area contributed by atoms with Gasteiger partial charge in [-0.2, -0.15) is 0 Å². The van der Waals surface area contributed by atoms with Crippen LogP contribution in [0.1, 0.15) is 12.0 Å². The van der Waals surface area contributed by atoms with E-state index in [1.165, 1.54) is 5.56 Å². The van der Waals surface area contributed by atoms with Gasteiger partial charge in [0.1, 0.15) is 6.04 Å². The summed E-state index contributed by atoms with van der Waals surface area (Å²) in [7, 11) is 1.98. The Labute approximate surface area is 110 Å². The van der Waals surface area contributed by atoms with Gasteiger partial charge in [-0.05, 0) is 31.2 Å². The van der Waals surface area contributed by atoms with Crippen molar-refractivity contribution in [3.63, 3.8) is 0 Å². The molecule has 0 aliphatic carbocycles. The minimum atomic E-state index is -0.0803. The van der Waals surface area contributed by atoms with Gasteiger partial charge in [0, 0.05) is 17.4 Å². The molecule has 1 atom stereocenters. The highest BCUT2D eigenvalue weighted by molar-refractivity contribution is 9.10. The first-order chi connectivity index (χ1) is 8.16. The van der Waals surface area contributed by atoms with Crippen molar-refractivity contribution in [3.05, 3.63) is 34.3 Å². The predicted molar refractivity (Wildman–Crippen MR) is 69.8 cm³/mol. The lowest BCUT2D eigenvalue weighted by Gasteiger charge is -2.20. The third-order valence-electron chi connectivity index (χ3n) is 3.11. The molecule has 1 aliphatic rings. The fraction of sp³-hybridized carbons (Fsp3) is 0.462. The normalized spacial score (nSPS) is 19.7. The van der Waals surface area contributed by atoms with Gasteiger partial charge in [0.25, 0.3) is 0 Å². The Kier molecular flexibility index (Phi) is 4.18. The molecule has 17 heavy (non-hydrogen) atoms. The number of cyclic esters (lactones) is 1. The zero-order chi connectivity index (χ0) is 12.3. The Morgan fingerprint density at radius 1 is 1.41 bits per heavy atom. The second kappa shape index (κ2) is 5.65. The van der Waals surface area contributed by atoms with Crippen LogP contribution in [-0.4, -0.2) is 37.1 Å². The number of hydrogen-bond donors (Lipinski definition) is 0. The van der Waals surface area contributed by atoms with Crippen LogP contribution in [0.2, 0.25) is 0 Å². The summed E-state index contributed by atoms with van der Waals surface area (Å²) in [6.45, 7) is 1.44. The molecule has 0 bridgehead atoms. The van der Waals surface area contributed by atoms with Gasteiger partial charge in [-0.3, -0.25) is 9.69 Å². The van der Waals surface area contributed by atoms with E-state index >= 15 is 0 Å². The summed E-state index contributed by atoms with van der Waals surface area (Å²) in [5.41, 5.74) is 1.28. The number of carbonyl (C=O) groups is 1. The van der Waals surface area contributed by atoms with Crippen molar-refractivity contribution in [3.8, 4) is 0 Å². The number of benzene rings is 1. The Morgan fingerprint density at radius 3 is 2.71 bits per heavy atom. The molecule has 0 aromatic heterocycles. The number of halogens is 1. The van der Waals surface area contributed by atoms with Gasteiger partial charge in [-0.25, -0.2) is 0 Å². The van der Waals surface area contributed by atoms with E-state index in [2.05, 4.69) is 33.0 Å². The van der Waals surface area contributed by atoms with E-state index in [1.807, 2.05) is 19.2 Å². The van der Waals surface area contributed by atoms with Gasteiger partial charge in [-0.1, -0.05) is 28.1 Å². The highest BCUT2D eigenvalue weighted by Crippen LogP contribution is 2.14. The maximum Gasteiger partial charge on any atom is 0.323 e. The van der Waals surface area contributed by atoms with Crippen LogP contribution < -0.4 is 0 Å². The topological polar surface area (TPSA) is 29.5 Å². The average molecular weight is 298 g/mol. The molecule has 3 nitrogen and oxygen atoms in total. The molecule has 1 heterocycles. The van der Waals surface area contributed by atoms with E-state index in [0.717, 1.165) is 23.9 Å². The molecule has 4 heteroatoms. The van der Waals surface area contributed by atoms with Crippen molar-refractivity contribution in [1.29, 1.82) is 0 Å². The molecule has 2 rings (SSSR count). The molecule has 0 amide bonds. The quantitative estimate of drug-likeness (QED) is 0.798. The molecule has 0 saturated carbocycles. The SMILES string of the molecule is CN(CCc1ccc(Br)cc1)[C@H]1CCOC1=O. The number of rotatable bonds is 4. The summed E-state index contributed by atoms with van der Waals surface area (Å²) in [6, 6.07) is 8.24. The van der Waals surface area contributed by atoms with Crippen LogP contribution in [0.3, 0.4) is 0 Å². The molecule has 1 saturated heterocycles. The minimum Gasteiger partial charge on any atom is -0.464 e. The van der Waals surface area contributed by atoms with E-state index < -0.39 is 0 Å². The minimum absolute atomic E-state index is 0.0505. The molecule has 0 spiro atoms. The summed E-state index contributed by atoms with van der Waals surface area (Å²) in [5.74, 6) is -0.0803. The first kappa shape index (κ1) is 12.6. The molecule has 1 fully saturated rings. The van der Waals surface area contributed by atoms with Crippen molar-refractivity contribution in [2.45, 2.75) is 18.9 Å². The third kappa shape index (κ3) is 3.30. The summed E-state index contributed by atoms with van der Waals surface area (Å²) in [6.07, 6.45) is 1.77. The Balaban J connectivity index is 1.85. The molecular formula is C13H16BrNO2. The van der Waals surface area contributed by atoms with Crippen molar-refractivity contribution >= 4 is 21.9 Å². The van der Waals surface area contributed by atoms with E-state index in [1.54, 1.807) is 0 Å². The van der Waals surface area contributed by atoms with Crippen LogP contribution in [0, 0.1) is 0 Å². The highest BCUT2D eigenvalue weighted by atomic mass is 79.9. The van der Waals surface area contributed by atoms with Gasteiger partial charge >= 0.3 is 5.97 Å². The van der Waals surface area contributed by atoms with Crippen molar-refractivity contribution in [1.82, 2.24) is 4.90 Å². The maximum atomic E-state index is 11.4. The number of ether oxygens (including phenoxy) is 1. The Bertz CT molecular complexity index is 391. The summed E-state index contributed by atoms with van der Waals surface area (Å²) < 4.78 is 6.06. The number of nitrogens with zero attached hydrogens (tertiary/aromatic N) is 1. The van der Waals surface area contributed by atoms with Crippen LogP contribution in [0.5, 0.6) is 0 Å². The van der Waals surface area contributed by atoms with Gasteiger partial charge < -0.3 is 4.74 Å². The summed E-state index contributed by atoms with van der Waals surface area (Å²) in [5, 5.41) is 0. The number of esters is 1. The average Bonchev–Trinajstić information content (AvgIpc) is 2.74. The van der Waals surface area contributed by atoms with Gasteiger partial charge in [0.05, 0.1) is 6.61 Å². The largest absolute Gasteiger partial charge is 0.464 e. The van der Waals surface area contributed by atoms with Gasteiger partial charge in [-0.15, -0.1) is 0 Å². The van der Waals surface area contributed by atoms with Crippen molar-refractivity contribution < 1.29 is 9.53 Å². The van der Waals surface area contributed by atoms with E-state index in [9.17, 15) is 4.79 Å². The smallest absolute Gasteiger partial charge is 0.323 e. The molecule has 92 valence electrons. The van der Waals surface area contributed by atoms with Gasteiger partial charge in [0.15, 0.2) is 0 Å². The summed E-state index contributed by atoms with van der Waals surface area (Å²) >= 11 is 3.42. The lowest BCUT2D eigenvalue weighted by atomic mass is 10.1. The highest BCUT2D eigenvalue weighted by Gasteiger charge is 2.29. The fourth-order valence-corrected chi connectivity index (χ4v) is 2.26. The molecular weight excluding hydrogens is 282 g/mol.